The predicted molar refractivity (Wildman–Crippen MR) is 223 cm³/mol. The second-order valence-electron chi connectivity index (χ2n) is 14.3. The van der Waals surface area contributed by atoms with Crippen LogP contribution in [-0.4, -0.2) is 76.0 Å². The van der Waals surface area contributed by atoms with Crippen molar-refractivity contribution < 1.29 is 35.7 Å². The van der Waals surface area contributed by atoms with Crippen molar-refractivity contribution in [2.24, 2.45) is 5.92 Å². The number of nitrogens with one attached hydrogen (secondary N) is 1. The first-order chi connectivity index (χ1) is 26.7. The minimum absolute atomic E-state index is 0.132. The van der Waals surface area contributed by atoms with Crippen LogP contribution in [0.15, 0.2) is 89.7 Å². The van der Waals surface area contributed by atoms with E-state index in [1.54, 1.807) is 36.8 Å². The number of carbonyl (C=O) groups excluding carboxylic acids is 1. The molecule has 0 fully saturated rings. The lowest BCUT2D eigenvalue weighted by Crippen LogP contribution is -2.30. The lowest BCUT2D eigenvalue weighted by molar-refractivity contribution is -0.112. The number of aryl methyl sites for hydroxylation is 1. The number of nitrogens with zero attached hydrogens (tertiary/aromatic N) is 3. The Kier molecular flexibility index (Phi) is 16.7. The van der Waals surface area contributed by atoms with E-state index in [1.165, 1.54) is 0 Å². The highest BCUT2D eigenvalue weighted by Gasteiger charge is 2.21. The molecule has 0 saturated carbocycles. The standard InChI is InChI=1S/C41H52N4O5S.CH4O3S/c1-5-7-22-49-23-24-50-38-15-10-32(11-16-38)33-12-19-40-35(25-33)26-34(9-8-21-44(40)28-31(3)4)41(46)43-36-13-17-39(18-14-36)51(47,48)29-37-27-42-30-45(37)20-6-2;1-5(2,3)4/h10-19,25-27,30-31H,5-9,20-24,28-29H2,1-4H3,(H,43,46);1H3,(H,2,3,4). The number of hydrogen-bond donors (Lipinski definition) is 2. The van der Waals surface area contributed by atoms with E-state index in [9.17, 15) is 21.6 Å². The molecule has 1 aliphatic heterocycles. The summed E-state index contributed by atoms with van der Waals surface area (Å²) in [5, 5.41) is 3.01. The number of aromatic nitrogens is 2. The maximum atomic E-state index is 13.7. The monoisotopic (exact) mass is 808 g/mol. The Morgan fingerprint density at radius 2 is 1.62 bits per heavy atom. The summed E-state index contributed by atoms with van der Waals surface area (Å²) in [6.07, 6.45) is 10.5. The quantitative estimate of drug-likeness (QED) is 0.0794. The molecule has 12 nitrogen and oxygen atoms in total. The van der Waals surface area contributed by atoms with Crippen LogP contribution in [0.4, 0.5) is 11.4 Å². The molecule has 2 heterocycles. The van der Waals surface area contributed by atoms with E-state index < -0.39 is 20.0 Å². The third-order valence-corrected chi connectivity index (χ3v) is 10.5. The summed E-state index contributed by atoms with van der Waals surface area (Å²) in [5.41, 5.74) is 6.10. The molecular weight excluding hydrogens is 753 g/mol. The Hall–Kier alpha value is -4.50. The number of sulfone groups is 1. The van der Waals surface area contributed by atoms with Gasteiger partial charge in [-0.1, -0.05) is 52.3 Å². The summed E-state index contributed by atoms with van der Waals surface area (Å²) >= 11 is 0. The van der Waals surface area contributed by atoms with Crippen molar-refractivity contribution in [1.82, 2.24) is 9.55 Å². The first-order valence-corrected chi connectivity index (χ1v) is 22.6. The van der Waals surface area contributed by atoms with E-state index in [-0.39, 0.29) is 16.6 Å². The van der Waals surface area contributed by atoms with Crippen molar-refractivity contribution >= 4 is 43.3 Å². The van der Waals surface area contributed by atoms with Gasteiger partial charge in [0, 0.05) is 49.4 Å². The topological polar surface area (TPSA) is 157 Å². The van der Waals surface area contributed by atoms with Crippen LogP contribution in [0.25, 0.3) is 17.2 Å². The molecule has 3 aromatic carbocycles. The van der Waals surface area contributed by atoms with Gasteiger partial charge in [-0.3, -0.25) is 9.35 Å². The van der Waals surface area contributed by atoms with Crippen LogP contribution in [-0.2, 0) is 41.8 Å². The molecule has 0 saturated heterocycles. The molecule has 0 bridgehead atoms. The lowest BCUT2D eigenvalue weighted by atomic mass is 9.96. The molecule has 1 amide bonds. The fraction of sp³-hybridized carbons (Fsp3) is 0.429. The Bertz CT molecular complexity index is 2100. The zero-order chi connectivity index (χ0) is 40.7. The lowest BCUT2D eigenvalue weighted by Gasteiger charge is -2.30. The minimum Gasteiger partial charge on any atom is -0.491 e. The molecule has 0 spiro atoms. The zero-order valence-electron chi connectivity index (χ0n) is 33.1. The summed E-state index contributed by atoms with van der Waals surface area (Å²) < 4.78 is 65.6. The van der Waals surface area contributed by atoms with Crippen molar-refractivity contribution in [1.29, 1.82) is 0 Å². The number of anilines is 2. The first-order valence-electron chi connectivity index (χ1n) is 19.1. The first kappa shape index (κ1) is 44.2. The number of unbranched alkanes of at least 4 members (excludes halogenated alkanes) is 1. The Morgan fingerprint density at radius 3 is 2.29 bits per heavy atom. The van der Waals surface area contributed by atoms with Gasteiger partial charge >= 0.3 is 0 Å². The van der Waals surface area contributed by atoms with Gasteiger partial charge in [0.25, 0.3) is 16.0 Å². The second kappa shape index (κ2) is 21.1. The van der Waals surface area contributed by atoms with Crippen LogP contribution in [0.1, 0.15) is 71.1 Å². The van der Waals surface area contributed by atoms with Crippen molar-refractivity contribution in [2.75, 3.05) is 49.4 Å². The molecule has 1 aliphatic rings. The molecular formula is C42H56N4O8S2. The van der Waals surface area contributed by atoms with Crippen LogP contribution < -0.4 is 15.0 Å². The second-order valence-corrected chi connectivity index (χ2v) is 17.7. The number of imidazole rings is 1. The number of ether oxygens (including phenoxy) is 2. The maximum absolute atomic E-state index is 13.7. The van der Waals surface area contributed by atoms with E-state index in [4.69, 9.17) is 14.0 Å². The van der Waals surface area contributed by atoms with E-state index in [1.807, 2.05) is 29.7 Å². The molecule has 304 valence electrons. The number of benzene rings is 3. The number of fused-ring (bicyclic) bond motifs is 1. The van der Waals surface area contributed by atoms with Crippen LogP contribution in [0.3, 0.4) is 0 Å². The van der Waals surface area contributed by atoms with Gasteiger partial charge in [0.15, 0.2) is 9.84 Å². The SMILES string of the molecule is CCCCOCCOc1ccc(-c2ccc3c(c2)C=C(C(=O)Nc2ccc(S(=O)(=O)Cc4cncn4CCC)cc2)CCCN3CC(C)C)cc1.CS(=O)(=O)O. The molecule has 0 aliphatic carbocycles. The summed E-state index contributed by atoms with van der Waals surface area (Å²) in [7, 11) is -7.25. The third-order valence-electron chi connectivity index (χ3n) is 8.85. The fourth-order valence-electron chi connectivity index (χ4n) is 6.24. The van der Waals surface area contributed by atoms with E-state index in [2.05, 4.69) is 66.3 Å². The fourth-order valence-corrected chi connectivity index (χ4v) is 7.59. The smallest absolute Gasteiger partial charge is 0.261 e. The average Bonchev–Trinajstić information content (AvgIpc) is 3.56. The van der Waals surface area contributed by atoms with E-state index in [0.717, 1.165) is 73.5 Å². The molecule has 2 N–H and O–H groups in total. The minimum atomic E-state index is -3.67. The largest absolute Gasteiger partial charge is 0.491 e. The van der Waals surface area contributed by atoms with Crippen molar-refractivity contribution in [3.8, 4) is 16.9 Å². The number of amides is 1. The van der Waals surface area contributed by atoms with Crippen molar-refractivity contribution in [3.63, 3.8) is 0 Å². The molecule has 5 rings (SSSR count). The summed E-state index contributed by atoms with van der Waals surface area (Å²) in [4.78, 5) is 20.5. The van der Waals surface area contributed by atoms with Gasteiger partial charge in [-0.05, 0) is 103 Å². The zero-order valence-corrected chi connectivity index (χ0v) is 34.7. The Balaban J connectivity index is 0.00000131. The van der Waals surface area contributed by atoms with Crippen molar-refractivity contribution in [2.45, 2.75) is 77.0 Å². The normalized spacial score (nSPS) is 13.2. The number of hydrogen-bond acceptors (Lipinski definition) is 9. The highest BCUT2D eigenvalue weighted by Crippen LogP contribution is 2.33. The van der Waals surface area contributed by atoms with Gasteiger partial charge in [-0.15, -0.1) is 0 Å². The van der Waals surface area contributed by atoms with Gasteiger partial charge in [0.05, 0.1) is 35.5 Å². The molecule has 0 atom stereocenters. The molecule has 1 aromatic heterocycles. The summed E-state index contributed by atoms with van der Waals surface area (Å²) in [6, 6.07) is 21.0. The van der Waals surface area contributed by atoms with Crippen molar-refractivity contribution in [3.05, 3.63) is 96.1 Å². The summed E-state index contributed by atoms with van der Waals surface area (Å²) in [5.74, 6) is 0.963. The molecule has 0 radical (unpaired) electrons. The van der Waals surface area contributed by atoms with Crippen LogP contribution in [0.2, 0.25) is 0 Å². The van der Waals surface area contributed by atoms with Crippen LogP contribution in [0.5, 0.6) is 5.75 Å². The third kappa shape index (κ3) is 14.2. The molecule has 14 heteroatoms. The molecule has 56 heavy (non-hydrogen) atoms. The highest BCUT2D eigenvalue weighted by molar-refractivity contribution is 7.90. The highest BCUT2D eigenvalue weighted by atomic mass is 32.2. The van der Waals surface area contributed by atoms with Gasteiger partial charge in [0.1, 0.15) is 12.4 Å². The maximum Gasteiger partial charge on any atom is 0.261 e. The average molecular weight is 809 g/mol. The predicted octanol–water partition coefficient (Wildman–Crippen LogP) is 7.91. The van der Waals surface area contributed by atoms with E-state index >= 15 is 0 Å². The Morgan fingerprint density at radius 1 is 0.929 bits per heavy atom. The Labute approximate surface area is 332 Å². The van der Waals surface area contributed by atoms with Gasteiger partial charge in [0.2, 0.25) is 0 Å². The van der Waals surface area contributed by atoms with Crippen LogP contribution >= 0.6 is 0 Å². The number of rotatable bonds is 17. The van der Waals surface area contributed by atoms with Gasteiger partial charge < -0.3 is 24.3 Å². The summed E-state index contributed by atoms with van der Waals surface area (Å²) in [6.45, 7) is 13.0. The van der Waals surface area contributed by atoms with E-state index in [0.29, 0.717) is 55.3 Å². The number of carbonyl (C=O) groups is 1. The molecule has 0 unspecified atom stereocenters. The molecule has 4 aromatic rings. The van der Waals surface area contributed by atoms with Crippen LogP contribution in [0, 0.1) is 5.92 Å². The van der Waals surface area contributed by atoms with Gasteiger partial charge in [-0.2, -0.15) is 8.42 Å². The van der Waals surface area contributed by atoms with Gasteiger partial charge in [-0.25, -0.2) is 13.4 Å².